The van der Waals surface area contributed by atoms with E-state index in [9.17, 15) is 9.59 Å². The van der Waals surface area contributed by atoms with Gasteiger partial charge in [0.2, 0.25) is 0 Å². The van der Waals surface area contributed by atoms with Gasteiger partial charge in [0.05, 0.1) is 29.3 Å². The molecular weight excluding hydrogens is 308 g/mol. The summed E-state index contributed by atoms with van der Waals surface area (Å²) in [5.41, 5.74) is 6.02. The van der Waals surface area contributed by atoms with Crippen LogP contribution in [0.15, 0.2) is 33.9 Å². The molecular formula is C14H11ClN4O3. The monoisotopic (exact) mass is 318 g/mol. The number of aromatic nitrogens is 3. The summed E-state index contributed by atoms with van der Waals surface area (Å²) in [5.74, 6) is 0.670. The quantitative estimate of drug-likeness (QED) is 0.620. The molecule has 0 radical (unpaired) electrons. The lowest BCUT2D eigenvalue weighted by molar-refractivity contribution is 0.415. The fourth-order valence-electron chi connectivity index (χ4n) is 2.22. The molecule has 0 amide bonds. The average molecular weight is 319 g/mol. The summed E-state index contributed by atoms with van der Waals surface area (Å²) in [6, 6.07) is 6.94. The smallest absolute Gasteiger partial charge is 0.273 e. The SMILES string of the molecule is COc1ccc(-c2nc(Cl)c3c(=O)[nH][nH]c(=O)c3c2N)cc1. The number of anilines is 1. The van der Waals surface area contributed by atoms with Gasteiger partial charge in [-0.05, 0) is 24.3 Å². The second-order valence-electron chi connectivity index (χ2n) is 4.55. The Balaban J connectivity index is 2.36. The van der Waals surface area contributed by atoms with Crippen molar-refractivity contribution < 1.29 is 4.74 Å². The summed E-state index contributed by atoms with van der Waals surface area (Å²) in [7, 11) is 1.56. The molecule has 3 aromatic rings. The number of nitrogen functional groups attached to an aromatic ring is 1. The molecule has 0 unspecified atom stereocenters. The third-order valence-corrected chi connectivity index (χ3v) is 3.57. The van der Waals surface area contributed by atoms with Crippen molar-refractivity contribution in [3.63, 3.8) is 0 Å². The first-order valence-corrected chi connectivity index (χ1v) is 6.64. The van der Waals surface area contributed by atoms with Crippen LogP contribution in [0, 0.1) is 0 Å². The number of pyridine rings is 1. The summed E-state index contributed by atoms with van der Waals surface area (Å²) < 4.78 is 5.09. The third kappa shape index (κ3) is 2.11. The zero-order chi connectivity index (χ0) is 15.9. The molecule has 112 valence electrons. The molecule has 0 spiro atoms. The third-order valence-electron chi connectivity index (χ3n) is 3.30. The van der Waals surface area contributed by atoms with Gasteiger partial charge in [-0.15, -0.1) is 0 Å². The summed E-state index contributed by atoms with van der Waals surface area (Å²) >= 11 is 6.06. The van der Waals surface area contributed by atoms with Crippen molar-refractivity contribution in [3.8, 4) is 17.0 Å². The van der Waals surface area contributed by atoms with Crippen molar-refractivity contribution in [2.75, 3.05) is 12.8 Å². The van der Waals surface area contributed by atoms with E-state index in [0.717, 1.165) is 0 Å². The highest BCUT2D eigenvalue weighted by Crippen LogP contribution is 2.31. The Bertz CT molecular complexity index is 976. The highest BCUT2D eigenvalue weighted by molar-refractivity contribution is 6.35. The van der Waals surface area contributed by atoms with Crippen molar-refractivity contribution in [2.24, 2.45) is 0 Å². The number of hydrogen-bond donors (Lipinski definition) is 3. The molecule has 0 atom stereocenters. The van der Waals surface area contributed by atoms with E-state index in [4.69, 9.17) is 22.1 Å². The maximum atomic E-state index is 12.0. The van der Waals surface area contributed by atoms with E-state index in [1.807, 2.05) is 0 Å². The second kappa shape index (κ2) is 5.19. The van der Waals surface area contributed by atoms with Crippen LogP contribution in [0.2, 0.25) is 5.15 Å². The average Bonchev–Trinajstić information content (AvgIpc) is 2.53. The Morgan fingerprint density at radius 1 is 1.09 bits per heavy atom. The predicted molar refractivity (Wildman–Crippen MR) is 84.4 cm³/mol. The van der Waals surface area contributed by atoms with E-state index in [1.54, 1.807) is 31.4 Å². The number of halogens is 1. The lowest BCUT2D eigenvalue weighted by Gasteiger charge is -2.09. The van der Waals surface area contributed by atoms with Gasteiger partial charge in [0, 0.05) is 5.56 Å². The van der Waals surface area contributed by atoms with E-state index < -0.39 is 11.1 Å². The van der Waals surface area contributed by atoms with Crippen LogP contribution < -0.4 is 21.6 Å². The van der Waals surface area contributed by atoms with Gasteiger partial charge in [-0.2, -0.15) is 0 Å². The highest BCUT2D eigenvalue weighted by atomic mass is 35.5. The number of rotatable bonds is 2. The van der Waals surface area contributed by atoms with E-state index in [0.29, 0.717) is 17.0 Å². The van der Waals surface area contributed by atoms with Gasteiger partial charge >= 0.3 is 0 Å². The lowest BCUT2D eigenvalue weighted by atomic mass is 10.1. The zero-order valence-electron chi connectivity index (χ0n) is 11.4. The molecule has 4 N–H and O–H groups in total. The first-order valence-electron chi connectivity index (χ1n) is 6.27. The van der Waals surface area contributed by atoms with Crippen molar-refractivity contribution in [1.82, 2.24) is 15.2 Å². The van der Waals surface area contributed by atoms with Crippen LogP contribution in [-0.2, 0) is 0 Å². The minimum atomic E-state index is -0.555. The molecule has 0 aliphatic carbocycles. The largest absolute Gasteiger partial charge is 0.497 e. The van der Waals surface area contributed by atoms with Gasteiger partial charge in [0.25, 0.3) is 11.1 Å². The fourth-order valence-corrected chi connectivity index (χ4v) is 2.49. The molecule has 0 aliphatic heterocycles. The van der Waals surface area contributed by atoms with Crippen molar-refractivity contribution >= 4 is 28.1 Å². The predicted octanol–water partition coefficient (Wildman–Crippen LogP) is 1.52. The molecule has 0 bridgehead atoms. The zero-order valence-corrected chi connectivity index (χ0v) is 12.2. The molecule has 8 heteroatoms. The Morgan fingerprint density at radius 3 is 2.27 bits per heavy atom. The topological polar surface area (TPSA) is 114 Å². The summed E-state index contributed by atoms with van der Waals surface area (Å²) in [6.45, 7) is 0. The van der Waals surface area contributed by atoms with Gasteiger partial charge in [-0.25, -0.2) is 4.98 Å². The van der Waals surface area contributed by atoms with Gasteiger partial charge < -0.3 is 10.5 Å². The van der Waals surface area contributed by atoms with Gasteiger partial charge in [0.15, 0.2) is 0 Å². The molecule has 0 aliphatic rings. The van der Waals surface area contributed by atoms with E-state index in [1.165, 1.54) is 0 Å². The van der Waals surface area contributed by atoms with Gasteiger partial charge in [0.1, 0.15) is 10.9 Å². The van der Waals surface area contributed by atoms with Crippen LogP contribution in [0.3, 0.4) is 0 Å². The molecule has 2 heterocycles. The normalized spacial score (nSPS) is 10.8. The van der Waals surface area contributed by atoms with Crippen LogP contribution >= 0.6 is 11.6 Å². The number of hydrogen-bond acceptors (Lipinski definition) is 5. The molecule has 22 heavy (non-hydrogen) atoms. The van der Waals surface area contributed by atoms with Gasteiger partial charge in [-0.1, -0.05) is 11.6 Å². The number of fused-ring (bicyclic) bond motifs is 1. The van der Waals surface area contributed by atoms with Crippen LogP contribution in [-0.4, -0.2) is 22.3 Å². The summed E-state index contributed by atoms with van der Waals surface area (Å²) in [6.07, 6.45) is 0. The fraction of sp³-hybridized carbons (Fsp3) is 0.0714. The number of ether oxygens (including phenoxy) is 1. The maximum absolute atomic E-state index is 12.0. The summed E-state index contributed by atoms with van der Waals surface area (Å²) in [4.78, 5) is 27.9. The molecule has 2 aromatic heterocycles. The number of nitrogens with one attached hydrogen (secondary N) is 2. The van der Waals surface area contributed by atoms with E-state index >= 15 is 0 Å². The Morgan fingerprint density at radius 2 is 1.68 bits per heavy atom. The molecule has 3 rings (SSSR count). The minimum absolute atomic E-state index is 0.0227. The van der Waals surface area contributed by atoms with E-state index in [2.05, 4.69) is 15.2 Å². The first-order chi connectivity index (χ1) is 10.5. The van der Waals surface area contributed by atoms with Crippen LogP contribution in [0.5, 0.6) is 5.75 Å². The Hall–Kier alpha value is -2.80. The van der Waals surface area contributed by atoms with Crippen LogP contribution in [0.25, 0.3) is 22.0 Å². The van der Waals surface area contributed by atoms with Crippen LogP contribution in [0.1, 0.15) is 0 Å². The molecule has 1 aromatic carbocycles. The lowest BCUT2D eigenvalue weighted by Crippen LogP contribution is -2.21. The van der Waals surface area contributed by atoms with Gasteiger partial charge in [-0.3, -0.25) is 19.8 Å². The van der Waals surface area contributed by atoms with Crippen molar-refractivity contribution in [2.45, 2.75) is 0 Å². The minimum Gasteiger partial charge on any atom is -0.497 e. The van der Waals surface area contributed by atoms with Crippen LogP contribution in [0.4, 0.5) is 5.69 Å². The van der Waals surface area contributed by atoms with E-state index in [-0.39, 0.29) is 21.6 Å². The number of methoxy groups -OCH3 is 1. The standard InChI is InChI=1S/C14H11ClN4O3/c1-22-7-4-2-6(3-5-7)11-10(16)8-9(12(15)17-11)14(21)19-18-13(8)20/h2-5H,16H2,1H3,(H,18,20)(H,19,21). The number of aromatic amines is 2. The van der Waals surface area contributed by atoms with Crippen molar-refractivity contribution in [1.29, 1.82) is 0 Å². The molecule has 0 saturated heterocycles. The van der Waals surface area contributed by atoms with Crippen molar-refractivity contribution in [3.05, 3.63) is 50.1 Å². The first kappa shape index (κ1) is 14.2. The highest BCUT2D eigenvalue weighted by Gasteiger charge is 2.17. The molecule has 7 nitrogen and oxygen atoms in total. The Kier molecular flexibility index (Phi) is 3.34. The maximum Gasteiger partial charge on any atom is 0.273 e. The second-order valence-corrected chi connectivity index (χ2v) is 4.91. The molecule has 0 fully saturated rings. The summed E-state index contributed by atoms with van der Waals surface area (Å²) in [5, 5.41) is 4.34. The number of benzene rings is 1. The Labute approximate surface area is 128 Å². The number of nitrogens with two attached hydrogens (primary N) is 1. The molecule has 0 saturated carbocycles. The number of nitrogens with zero attached hydrogens (tertiary/aromatic N) is 1. The number of H-pyrrole nitrogens is 2.